The van der Waals surface area contributed by atoms with Gasteiger partial charge >= 0.3 is 0 Å². The van der Waals surface area contributed by atoms with Crippen molar-refractivity contribution in [2.75, 3.05) is 10.6 Å². The molecule has 1 amide bonds. The number of pyridine rings is 1. The molecule has 0 fully saturated rings. The number of aromatic nitrogens is 5. The van der Waals surface area contributed by atoms with Crippen LogP contribution >= 0.6 is 0 Å². The fourth-order valence-corrected chi connectivity index (χ4v) is 2.93. The molecule has 0 saturated carbocycles. The van der Waals surface area contributed by atoms with Crippen molar-refractivity contribution in [3.05, 3.63) is 71.4 Å². The average Bonchev–Trinajstić information content (AvgIpc) is 3.10. The molecule has 3 aromatic rings. The van der Waals surface area contributed by atoms with E-state index < -0.39 is 17.8 Å². The number of rotatable bonds is 3. The number of hydrogen-bond donors (Lipinski definition) is 2. The van der Waals surface area contributed by atoms with Gasteiger partial charge in [-0.25, -0.2) is 4.39 Å². The van der Waals surface area contributed by atoms with Gasteiger partial charge in [-0.05, 0) is 35.5 Å². The molecule has 4 rings (SSSR count). The second-order valence-electron chi connectivity index (χ2n) is 5.73. The summed E-state index contributed by atoms with van der Waals surface area (Å²) in [6.45, 7) is 1.73. The minimum atomic E-state index is -0.792. The zero-order chi connectivity index (χ0) is 18.1. The quantitative estimate of drug-likeness (QED) is 0.750. The predicted octanol–water partition coefficient (Wildman–Crippen LogP) is 2.13. The largest absolute Gasteiger partial charge is 0.326 e. The molecule has 0 saturated heterocycles. The second kappa shape index (κ2) is 6.36. The lowest BCUT2D eigenvalue weighted by Crippen LogP contribution is -2.32. The summed E-state index contributed by atoms with van der Waals surface area (Å²) < 4.78 is 15.9. The summed E-state index contributed by atoms with van der Waals surface area (Å²) in [6, 6.07) is 8.89. The number of allylic oxidation sites excluding steroid dienone is 1. The Morgan fingerprint density at radius 1 is 1.27 bits per heavy atom. The van der Waals surface area contributed by atoms with Gasteiger partial charge in [0.1, 0.15) is 11.9 Å². The molecule has 1 aromatic carbocycles. The summed E-state index contributed by atoms with van der Waals surface area (Å²) >= 11 is 0. The molecule has 2 N–H and O–H groups in total. The first-order chi connectivity index (χ1) is 12.6. The van der Waals surface area contributed by atoms with Crippen LogP contribution in [0.2, 0.25) is 0 Å². The van der Waals surface area contributed by atoms with Crippen LogP contribution in [0.4, 0.5) is 16.0 Å². The van der Waals surface area contributed by atoms with Crippen molar-refractivity contribution >= 4 is 17.5 Å². The number of carbonyl (C=O) groups excluding carboxylic acids is 1. The molecule has 1 atom stereocenters. The Balaban J connectivity index is 1.80. The van der Waals surface area contributed by atoms with E-state index in [0.717, 1.165) is 0 Å². The Morgan fingerprint density at radius 3 is 2.88 bits per heavy atom. The first kappa shape index (κ1) is 15.9. The molecule has 0 radical (unpaired) electrons. The van der Waals surface area contributed by atoms with Gasteiger partial charge in [-0.3, -0.25) is 9.78 Å². The summed E-state index contributed by atoms with van der Waals surface area (Å²) in [7, 11) is 0. The highest BCUT2D eigenvalue weighted by Gasteiger charge is 2.35. The van der Waals surface area contributed by atoms with Gasteiger partial charge in [-0.15, -0.1) is 0 Å². The van der Waals surface area contributed by atoms with Gasteiger partial charge in [0, 0.05) is 17.5 Å². The van der Waals surface area contributed by atoms with E-state index in [1.54, 1.807) is 43.5 Å². The van der Waals surface area contributed by atoms with Crippen molar-refractivity contribution in [2.24, 2.45) is 0 Å². The number of benzene rings is 1. The zero-order valence-corrected chi connectivity index (χ0v) is 13.7. The molecule has 9 heteroatoms. The second-order valence-corrected chi connectivity index (χ2v) is 5.73. The number of carbonyl (C=O) groups is 1. The van der Waals surface area contributed by atoms with Gasteiger partial charge in [0.15, 0.2) is 0 Å². The van der Waals surface area contributed by atoms with E-state index in [1.807, 2.05) is 0 Å². The van der Waals surface area contributed by atoms with Crippen LogP contribution in [-0.4, -0.2) is 31.1 Å². The van der Waals surface area contributed by atoms with E-state index in [4.69, 9.17) is 0 Å². The molecule has 0 aliphatic carbocycles. The van der Waals surface area contributed by atoms with E-state index in [0.29, 0.717) is 28.5 Å². The highest BCUT2D eigenvalue weighted by molar-refractivity contribution is 6.05. The van der Waals surface area contributed by atoms with Crippen LogP contribution in [0.3, 0.4) is 0 Å². The number of nitrogens with zero attached hydrogens (tertiary/aromatic N) is 5. The van der Waals surface area contributed by atoms with Gasteiger partial charge < -0.3 is 10.6 Å². The van der Waals surface area contributed by atoms with Crippen molar-refractivity contribution in [2.45, 2.75) is 13.0 Å². The number of halogens is 1. The molecule has 8 nitrogen and oxygen atoms in total. The van der Waals surface area contributed by atoms with Crippen molar-refractivity contribution in [1.29, 1.82) is 0 Å². The number of tetrazole rings is 1. The maximum absolute atomic E-state index is 14.5. The van der Waals surface area contributed by atoms with E-state index in [9.17, 15) is 9.18 Å². The number of anilines is 2. The maximum atomic E-state index is 14.5. The number of hydrogen-bond acceptors (Lipinski definition) is 6. The van der Waals surface area contributed by atoms with Gasteiger partial charge in [0.25, 0.3) is 5.91 Å². The van der Waals surface area contributed by atoms with Crippen molar-refractivity contribution in [3.8, 4) is 0 Å². The van der Waals surface area contributed by atoms with Crippen LogP contribution in [0, 0.1) is 5.82 Å². The summed E-state index contributed by atoms with van der Waals surface area (Å²) in [4.78, 5) is 16.9. The third-order valence-electron chi connectivity index (χ3n) is 4.08. The lowest BCUT2D eigenvalue weighted by atomic mass is 9.94. The SMILES string of the molecule is CC1=C(C(=O)Nc2cccnc2)C(c2ccccc2F)n2nnnc2N1. The number of fused-ring (bicyclic) bond motifs is 1. The minimum Gasteiger partial charge on any atom is -0.326 e. The van der Waals surface area contributed by atoms with Crippen molar-refractivity contribution in [3.63, 3.8) is 0 Å². The normalized spacial score (nSPS) is 16.0. The van der Waals surface area contributed by atoms with Gasteiger partial charge in [0.2, 0.25) is 5.95 Å². The number of nitrogens with one attached hydrogen (secondary N) is 2. The van der Waals surface area contributed by atoms with E-state index >= 15 is 0 Å². The summed E-state index contributed by atoms with van der Waals surface area (Å²) in [6.07, 6.45) is 3.14. The molecule has 1 aliphatic rings. The fraction of sp³-hybridized carbons (Fsp3) is 0.118. The lowest BCUT2D eigenvalue weighted by molar-refractivity contribution is -0.113. The van der Waals surface area contributed by atoms with E-state index in [1.165, 1.54) is 16.9 Å². The summed E-state index contributed by atoms with van der Waals surface area (Å²) in [5.74, 6) is -0.494. The smallest absolute Gasteiger partial charge is 0.255 e. The first-order valence-electron chi connectivity index (χ1n) is 7.86. The van der Waals surface area contributed by atoms with Crippen molar-refractivity contribution < 1.29 is 9.18 Å². The van der Waals surface area contributed by atoms with Gasteiger partial charge in [0.05, 0.1) is 17.5 Å². The van der Waals surface area contributed by atoms with Crippen LogP contribution in [-0.2, 0) is 4.79 Å². The van der Waals surface area contributed by atoms with Crippen LogP contribution in [0.5, 0.6) is 0 Å². The van der Waals surface area contributed by atoms with Gasteiger partial charge in [-0.1, -0.05) is 23.3 Å². The fourth-order valence-electron chi connectivity index (χ4n) is 2.93. The topological polar surface area (TPSA) is 97.6 Å². The predicted molar refractivity (Wildman–Crippen MR) is 91.5 cm³/mol. The Labute approximate surface area is 147 Å². The Hall–Kier alpha value is -3.62. The molecule has 0 spiro atoms. The molecule has 0 bridgehead atoms. The lowest BCUT2D eigenvalue weighted by Gasteiger charge is -2.28. The van der Waals surface area contributed by atoms with Crippen LogP contribution < -0.4 is 10.6 Å². The molecule has 3 heterocycles. The first-order valence-corrected chi connectivity index (χ1v) is 7.86. The van der Waals surface area contributed by atoms with Crippen molar-refractivity contribution in [1.82, 2.24) is 25.2 Å². The molecular formula is C17H14FN7O. The monoisotopic (exact) mass is 351 g/mol. The molecule has 130 valence electrons. The molecule has 26 heavy (non-hydrogen) atoms. The molecule has 1 aliphatic heterocycles. The summed E-state index contributed by atoms with van der Waals surface area (Å²) in [5.41, 5.74) is 1.70. The third-order valence-corrected chi connectivity index (χ3v) is 4.08. The molecule has 2 aromatic heterocycles. The Kier molecular flexibility index (Phi) is 3.88. The molecular weight excluding hydrogens is 337 g/mol. The highest BCUT2D eigenvalue weighted by atomic mass is 19.1. The highest BCUT2D eigenvalue weighted by Crippen LogP contribution is 2.35. The zero-order valence-electron chi connectivity index (χ0n) is 13.7. The van der Waals surface area contributed by atoms with E-state index in [2.05, 4.69) is 31.1 Å². The maximum Gasteiger partial charge on any atom is 0.255 e. The summed E-state index contributed by atoms with van der Waals surface area (Å²) in [5, 5.41) is 17.2. The van der Waals surface area contributed by atoms with Crippen LogP contribution in [0.15, 0.2) is 60.1 Å². The molecule has 1 unspecified atom stereocenters. The standard InChI is InChI=1S/C17H14FN7O/c1-10-14(16(26)21-11-5-4-8-19-9-11)15(12-6-2-3-7-13(12)18)25-17(20-10)22-23-24-25/h2-9,15H,1H3,(H,21,26)(H,20,22,24). The van der Waals surface area contributed by atoms with Crippen LogP contribution in [0.1, 0.15) is 18.5 Å². The van der Waals surface area contributed by atoms with Crippen LogP contribution in [0.25, 0.3) is 0 Å². The minimum absolute atomic E-state index is 0.304. The van der Waals surface area contributed by atoms with Gasteiger partial charge in [-0.2, -0.15) is 4.68 Å². The Morgan fingerprint density at radius 2 is 2.12 bits per heavy atom. The average molecular weight is 351 g/mol. The Bertz CT molecular complexity index is 999. The van der Waals surface area contributed by atoms with E-state index in [-0.39, 0.29) is 0 Å². The third kappa shape index (κ3) is 2.69. The number of amides is 1.